The van der Waals surface area contributed by atoms with Crippen molar-refractivity contribution in [3.05, 3.63) is 76.9 Å². The van der Waals surface area contributed by atoms with Crippen molar-refractivity contribution in [2.75, 3.05) is 24.5 Å². The largest absolute Gasteiger partial charge is 0.352 e. The Bertz CT molecular complexity index is 996. The molecular formula is C23H25FN4OS. The lowest BCUT2D eigenvalue weighted by Crippen LogP contribution is -2.38. The summed E-state index contributed by atoms with van der Waals surface area (Å²) in [6.45, 7) is 4.49. The van der Waals surface area contributed by atoms with E-state index < -0.39 is 0 Å². The lowest BCUT2D eigenvalue weighted by atomic mass is 9.97. The van der Waals surface area contributed by atoms with Crippen molar-refractivity contribution in [2.45, 2.75) is 26.2 Å². The average molecular weight is 425 g/mol. The van der Waals surface area contributed by atoms with Crippen LogP contribution >= 0.6 is 11.5 Å². The summed E-state index contributed by atoms with van der Waals surface area (Å²) >= 11 is 1.42. The van der Waals surface area contributed by atoms with Gasteiger partial charge in [0.25, 0.3) is 5.91 Å². The lowest BCUT2D eigenvalue weighted by molar-refractivity contribution is 0.0944. The third kappa shape index (κ3) is 5.02. The van der Waals surface area contributed by atoms with Gasteiger partial charge in [0.15, 0.2) is 0 Å². The van der Waals surface area contributed by atoms with E-state index in [1.54, 1.807) is 12.1 Å². The second-order valence-electron chi connectivity index (χ2n) is 7.75. The van der Waals surface area contributed by atoms with E-state index in [9.17, 15) is 9.18 Å². The summed E-state index contributed by atoms with van der Waals surface area (Å²) in [4.78, 5) is 19.3. The van der Waals surface area contributed by atoms with Crippen LogP contribution in [0.3, 0.4) is 0 Å². The lowest BCUT2D eigenvalue weighted by Gasteiger charge is -2.31. The number of hydrogen-bond acceptors (Lipinski definition) is 5. The molecule has 3 aromatic rings. The molecule has 5 nitrogen and oxygen atoms in total. The summed E-state index contributed by atoms with van der Waals surface area (Å²) in [6, 6.07) is 14.1. The first kappa shape index (κ1) is 20.5. The number of carbonyl (C=O) groups excluding carboxylic acids is 1. The zero-order valence-electron chi connectivity index (χ0n) is 17.0. The minimum atomic E-state index is -0.233. The molecule has 1 aliphatic rings. The van der Waals surface area contributed by atoms with E-state index >= 15 is 0 Å². The van der Waals surface area contributed by atoms with Gasteiger partial charge in [-0.25, -0.2) is 9.37 Å². The summed E-state index contributed by atoms with van der Waals surface area (Å²) in [5, 5.41) is 4.03. The van der Waals surface area contributed by atoms with Gasteiger partial charge in [-0.3, -0.25) is 4.79 Å². The van der Waals surface area contributed by atoms with Gasteiger partial charge in [-0.15, -0.1) is 0 Å². The maximum absolute atomic E-state index is 13.0. The second kappa shape index (κ2) is 9.34. The molecule has 4 rings (SSSR count). The number of anilines is 1. The highest BCUT2D eigenvalue weighted by molar-refractivity contribution is 7.09. The molecule has 2 heterocycles. The van der Waals surface area contributed by atoms with Crippen molar-refractivity contribution < 1.29 is 9.18 Å². The fourth-order valence-electron chi connectivity index (χ4n) is 3.72. The van der Waals surface area contributed by atoms with Crippen LogP contribution in [0, 0.1) is 18.7 Å². The van der Waals surface area contributed by atoms with E-state index in [2.05, 4.69) is 19.6 Å². The van der Waals surface area contributed by atoms with Crippen LogP contribution in [0.4, 0.5) is 9.52 Å². The topological polar surface area (TPSA) is 58.1 Å². The molecule has 0 radical (unpaired) electrons. The Labute approximate surface area is 180 Å². The van der Waals surface area contributed by atoms with E-state index in [4.69, 9.17) is 0 Å². The Morgan fingerprint density at radius 2 is 1.90 bits per heavy atom. The van der Waals surface area contributed by atoms with Gasteiger partial charge < -0.3 is 10.2 Å². The maximum atomic E-state index is 13.0. The van der Waals surface area contributed by atoms with Crippen molar-refractivity contribution in [1.82, 2.24) is 14.7 Å². The van der Waals surface area contributed by atoms with Gasteiger partial charge in [-0.1, -0.05) is 30.3 Å². The number of carbonyl (C=O) groups is 1. The van der Waals surface area contributed by atoms with E-state index in [-0.39, 0.29) is 11.7 Å². The minimum Gasteiger partial charge on any atom is -0.352 e. The van der Waals surface area contributed by atoms with Crippen molar-refractivity contribution in [2.24, 2.45) is 5.92 Å². The maximum Gasteiger partial charge on any atom is 0.251 e. The molecule has 30 heavy (non-hydrogen) atoms. The smallest absolute Gasteiger partial charge is 0.251 e. The van der Waals surface area contributed by atoms with Gasteiger partial charge in [0.05, 0.1) is 0 Å². The molecule has 0 bridgehead atoms. The molecule has 156 valence electrons. The van der Waals surface area contributed by atoms with Gasteiger partial charge in [0, 0.05) is 43.2 Å². The molecule has 0 spiro atoms. The SMILES string of the molecule is Cc1ccccc1C(=O)NCC1CCN(c2nc(Cc3ccc(F)cc3)ns2)CC1. The van der Waals surface area contributed by atoms with Gasteiger partial charge in [0.2, 0.25) is 5.13 Å². The fraction of sp³-hybridized carbons (Fsp3) is 0.348. The third-order valence-corrected chi connectivity index (χ3v) is 6.37. The Kier molecular flexibility index (Phi) is 6.38. The summed E-state index contributed by atoms with van der Waals surface area (Å²) < 4.78 is 17.5. The highest BCUT2D eigenvalue weighted by atomic mass is 32.1. The molecular weight excluding hydrogens is 399 g/mol. The third-order valence-electron chi connectivity index (χ3n) is 5.56. The molecule has 1 aromatic heterocycles. The van der Waals surface area contributed by atoms with E-state index in [0.717, 1.165) is 53.6 Å². The summed E-state index contributed by atoms with van der Waals surface area (Å²) in [5.41, 5.74) is 2.75. The molecule has 0 unspecified atom stereocenters. The Hall–Kier alpha value is -2.80. The Morgan fingerprint density at radius 1 is 1.17 bits per heavy atom. The van der Waals surface area contributed by atoms with Gasteiger partial charge >= 0.3 is 0 Å². The number of piperidine rings is 1. The molecule has 0 atom stereocenters. The van der Waals surface area contributed by atoms with E-state index in [1.807, 2.05) is 31.2 Å². The normalized spacial score (nSPS) is 14.7. The van der Waals surface area contributed by atoms with Gasteiger partial charge in [-0.05, 0) is 55.0 Å². The second-order valence-corrected chi connectivity index (χ2v) is 8.48. The first-order chi connectivity index (χ1) is 14.6. The quantitative estimate of drug-likeness (QED) is 0.644. The van der Waals surface area contributed by atoms with Crippen molar-refractivity contribution in [3.8, 4) is 0 Å². The molecule has 0 aliphatic carbocycles. The monoisotopic (exact) mass is 424 g/mol. The van der Waals surface area contributed by atoms with Crippen molar-refractivity contribution in [1.29, 1.82) is 0 Å². The zero-order valence-corrected chi connectivity index (χ0v) is 17.8. The van der Waals surface area contributed by atoms with Crippen LogP contribution in [0.15, 0.2) is 48.5 Å². The number of aryl methyl sites for hydroxylation is 1. The number of amides is 1. The fourth-order valence-corrected chi connectivity index (χ4v) is 4.45. The molecule has 1 fully saturated rings. The van der Waals surface area contributed by atoms with Crippen LogP contribution in [0.5, 0.6) is 0 Å². The number of nitrogens with zero attached hydrogens (tertiary/aromatic N) is 3. The number of nitrogens with one attached hydrogen (secondary N) is 1. The molecule has 2 aromatic carbocycles. The standard InChI is InChI=1S/C23H25FN4OS/c1-16-4-2-3-5-20(16)22(29)25-15-18-10-12-28(13-11-18)23-26-21(27-30-23)14-17-6-8-19(24)9-7-17/h2-9,18H,10-15H2,1H3,(H,25,29). The summed E-state index contributed by atoms with van der Waals surface area (Å²) in [6.07, 6.45) is 2.64. The van der Waals surface area contributed by atoms with Gasteiger partial charge in [-0.2, -0.15) is 4.37 Å². The van der Waals surface area contributed by atoms with Crippen LogP contribution < -0.4 is 10.2 Å². The highest BCUT2D eigenvalue weighted by Gasteiger charge is 2.22. The van der Waals surface area contributed by atoms with E-state index in [1.165, 1.54) is 23.7 Å². The number of benzene rings is 2. The van der Waals surface area contributed by atoms with Crippen LogP contribution in [0.2, 0.25) is 0 Å². The number of rotatable bonds is 6. The van der Waals surface area contributed by atoms with Crippen LogP contribution in [0.1, 0.15) is 40.2 Å². The minimum absolute atomic E-state index is 0.00471. The summed E-state index contributed by atoms with van der Waals surface area (Å²) in [5.74, 6) is 1.02. The molecule has 1 N–H and O–H groups in total. The van der Waals surface area contributed by atoms with Gasteiger partial charge in [0.1, 0.15) is 11.6 Å². The summed E-state index contributed by atoms with van der Waals surface area (Å²) in [7, 11) is 0. The average Bonchev–Trinajstić information content (AvgIpc) is 3.23. The van der Waals surface area contributed by atoms with Crippen molar-refractivity contribution >= 4 is 22.6 Å². The number of halogens is 1. The van der Waals surface area contributed by atoms with Crippen LogP contribution in [0.25, 0.3) is 0 Å². The van der Waals surface area contributed by atoms with Crippen LogP contribution in [-0.4, -0.2) is 34.9 Å². The first-order valence-corrected chi connectivity index (χ1v) is 11.0. The zero-order chi connectivity index (χ0) is 20.9. The molecule has 0 saturated carbocycles. The number of aromatic nitrogens is 2. The molecule has 1 amide bonds. The predicted molar refractivity (Wildman–Crippen MR) is 118 cm³/mol. The predicted octanol–water partition coefficient (Wildman–Crippen LogP) is 4.22. The molecule has 7 heteroatoms. The first-order valence-electron chi connectivity index (χ1n) is 10.2. The highest BCUT2D eigenvalue weighted by Crippen LogP contribution is 2.25. The molecule has 1 aliphatic heterocycles. The Morgan fingerprint density at radius 3 is 2.63 bits per heavy atom. The number of hydrogen-bond donors (Lipinski definition) is 1. The molecule has 1 saturated heterocycles. The van der Waals surface area contributed by atoms with Crippen LogP contribution in [-0.2, 0) is 6.42 Å². The Balaban J connectivity index is 1.25. The van der Waals surface area contributed by atoms with E-state index in [0.29, 0.717) is 18.9 Å². The van der Waals surface area contributed by atoms with Crippen molar-refractivity contribution in [3.63, 3.8) is 0 Å².